The number of fused-ring (bicyclic) bond motifs is 1. The van der Waals surface area contributed by atoms with E-state index in [1.165, 1.54) is 0 Å². The lowest BCUT2D eigenvalue weighted by molar-refractivity contribution is -0.145. The van der Waals surface area contributed by atoms with Gasteiger partial charge in [0.05, 0.1) is 17.3 Å². The Kier molecular flexibility index (Phi) is 4.86. The molecule has 1 saturated heterocycles. The first-order chi connectivity index (χ1) is 13.1. The fraction of sp³-hybridized carbons (Fsp3) is 0.318. The fourth-order valence-electron chi connectivity index (χ4n) is 3.94. The van der Waals surface area contributed by atoms with Crippen molar-refractivity contribution in [2.75, 3.05) is 6.54 Å². The number of aryl methyl sites for hydroxylation is 1. The van der Waals surface area contributed by atoms with Crippen LogP contribution < -0.4 is 0 Å². The molecule has 1 fully saturated rings. The van der Waals surface area contributed by atoms with Gasteiger partial charge in [-0.05, 0) is 55.6 Å². The van der Waals surface area contributed by atoms with Crippen molar-refractivity contribution in [3.05, 3.63) is 71.7 Å². The largest absolute Gasteiger partial charge is 0.480 e. The van der Waals surface area contributed by atoms with Crippen molar-refractivity contribution in [3.8, 4) is 0 Å². The number of benzene rings is 1. The number of piperidine rings is 1. The molecule has 5 heteroatoms. The van der Waals surface area contributed by atoms with Crippen LogP contribution in [0.3, 0.4) is 0 Å². The molecule has 1 aromatic carbocycles. The van der Waals surface area contributed by atoms with E-state index in [4.69, 9.17) is 0 Å². The Hall–Kier alpha value is -2.79. The normalized spacial score (nSPS) is 19.1. The van der Waals surface area contributed by atoms with Gasteiger partial charge in [-0.3, -0.25) is 19.7 Å². The van der Waals surface area contributed by atoms with Crippen LogP contribution in [0, 0.1) is 6.92 Å². The van der Waals surface area contributed by atoms with E-state index in [0.717, 1.165) is 47.1 Å². The van der Waals surface area contributed by atoms with E-state index in [1.54, 1.807) is 0 Å². The van der Waals surface area contributed by atoms with E-state index in [1.807, 2.05) is 55.7 Å². The van der Waals surface area contributed by atoms with E-state index in [-0.39, 0.29) is 6.04 Å². The molecule has 1 aliphatic heterocycles. The average Bonchev–Trinajstić information content (AvgIpc) is 2.70. The number of likely N-dealkylation sites (tertiary alicyclic amines) is 1. The summed E-state index contributed by atoms with van der Waals surface area (Å²) in [6.07, 6.45) is 6.31. The predicted octanol–water partition coefficient (Wildman–Crippen LogP) is 3.97. The summed E-state index contributed by atoms with van der Waals surface area (Å²) in [5, 5.41) is 10.8. The number of carbonyl (C=O) groups is 1. The fourth-order valence-corrected chi connectivity index (χ4v) is 3.94. The molecule has 1 N–H and O–H groups in total. The summed E-state index contributed by atoms with van der Waals surface area (Å²) >= 11 is 0. The van der Waals surface area contributed by atoms with E-state index in [9.17, 15) is 9.90 Å². The van der Waals surface area contributed by atoms with Crippen molar-refractivity contribution < 1.29 is 9.90 Å². The number of carboxylic acid groups (broad SMARTS) is 1. The summed E-state index contributed by atoms with van der Waals surface area (Å²) in [4.78, 5) is 23.2. The van der Waals surface area contributed by atoms with Gasteiger partial charge in [-0.2, -0.15) is 0 Å². The van der Waals surface area contributed by atoms with Crippen LogP contribution in [0.5, 0.6) is 0 Å². The number of carboxylic acids is 1. The van der Waals surface area contributed by atoms with Gasteiger partial charge in [0, 0.05) is 17.8 Å². The Morgan fingerprint density at radius 1 is 1.15 bits per heavy atom. The van der Waals surface area contributed by atoms with Crippen molar-refractivity contribution >= 4 is 16.9 Å². The number of hydrogen-bond donors (Lipinski definition) is 1. The molecule has 0 radical (unpaired) electrons. The van der Waals surface area contributed by atoms with Crippen molar-refractivity contribution in [1.29, 1.82) is 0 Å². The highest BCUT2D eigenvalue weighted by Crippen LogP contribution is 2.34. The predicted molar refractivity (Wildman–Crippen MR) is 105 cm³/mol. The SMILES string of the molecule is Cc1ccc(C(c2cnc3ccccc3c2)N2CCCCC2C(=O)O)nc1. The molecule has 3 heterocycles. The standard InChI is InChI=1S/C22H23N3O2/c1-15-9-10-19(23-13-15)21(25-11-5-4-8-20(25)22(26)27)17-12-16-6-2-3-7-18(16)24-14-17/h2-3,6-7,9-10,12-14,20-21H,4-5,8,11H2,1H3,(H,26,27). The summed E-state index contributed by atoms with van der Waals surface area (Å²) < 4.78 is 0. The molecule has 138 valence electrons. The summed E-state index contributed by atoms with van der Waals surface area (Å²) in [7, 11) is 0. The van der Waals surface area contributed by atoms with Gasteiger partial charge in [0.25, 0.3) is 0 Å². The van der Waals surface area contributed by atoms with Crippen molar-refractivity contribution in [1.82, 2.24) is 14.9 Å². The lowest BCUT2D eigenvalue weighted by atomic mass is 9.94. The third kappa shape index (κ3) is 3.55. The van der Waals surface area contributed by atoms with Crippen LogP contribution in [-0.4, -0.2) is 38.5 Å². The maximum Gasteiger partial charge on any atom is 0.320 e. The first-order valence-electron chi connectivity index (χ1n) is 9.39. The van der Waals surface area contributed by atoms with Gasteiger partial charge in [0.2, 0.25) is 0 Å². The Morgan fingerprint density at radius 2 is 2.00 bits per heavy atom. The van der Waals surface area contributed by atoms with Crippen LogP contribution in [0.2, 0.25) is 0 Å². The minimum atomic E-state index is -0.763. The van der Waals surface area contributed by atoms with Crippen LogP contribution in [0.1, 0.15) is 42.1 Å². The third-order valence-corrected chi connectivity index (χ3v) is 5.30. The molecule has 3 aromatic rings. The molecule has 4 rings (SSSR count). The first-order valence-corrected chi connectivity index (χ1v) is 9.39. The number of aromatic nitrogens is 2. The summed E-state index contributed by atoms with van der Waals surface area (Å²) in [6, 6.07) is 13.4. The highest BCUT2D eigenvalue weighted by molar-refractivity contribution is 5.79. The Balaban J connectivity index is 1.83. The monoisotopic (exact) mass is 361 g/mol. The molecule has 5 nitrogen and oxygen atoms in total. The van der Waals surface area contributed by atoms with Crippen molar-refractivity contribution in [2.24, 2.45) is 0 Å². The van der Waals surface area contributed by atoms with Crippen molar-refractivity contribution in [2.45, 2.75) is 38.3 Å². The van der Waals surface area contributed by atoms with Crippen LogP contribution in [0.15, 0.2) is 54.9 Å². The molecule has 2 atom stereocenters. The van der Waals surface area contributed by atoms with Gasteiger partial charge in [0.1, 0.15) is 6.04 Å². The summed E-state index contributed by atoms with van der Waals surface area (Å²) in [5.41, 5.74) is 3.87. The molecule has 0 bridgehead atoms. The number of rotatable bonds is 4. The molecular formula is C22H23N3O2. The number of nitrogens with zero attached hydrogens (tertiary/aromatic N) is 3. The molecule has 2 aromatic heterocycles. The second-order valence-corrected chi connectivity index (χ2v) is 7.21. The number of aliphatic carboxylic acids is 1. The van der Waals surface area contributed by atoms with Gasteiger partial charge < -0.3 is 5.11 Å². The van der Waals surface area contributed by atoms with Crippen LogP contribution in [0.4, 0.5) is 0 Å². The molecular weight excluding hydrogens is 338 g/mol. The highest BCUT2D eigenvalue weighted by Gasteiger charge is 2.35. The van der Waals surface area contributed by atoms with Crippen molar-refractivity contribution in [3.63, 3.8) is 0 Å². The van der Waals surface area contributed by atoms with Gasteiger partial charge in [0.15, 0.2) is 0 Å². The van der Waals surface area contributed by atoms with E-state index in [2.05, 4.69) is 20.9 Å². The topological polar surface area (TPSA) is 66.3 Å². The molecule has 0 saturated carbocycles. The molecule has 0 aliphatic carbocycles. The van der Waals surface area contributed by atoms with E-state index >= 15 is 0 Å². The van der Waals surface area contributed by atoms with Gasteiger partial charge >= 0.3 is 5.97 Å². The maximum atomic E-state index is 11.9. The maximum absolute atomic E-state index is 11.9. The Bertz CT molecular complexity index is 955. The van der Waals surface area contributed by atoms with Gasteiger partial charge in [-0.1, -0.05) is 30.7 Å². The Morgan fingerprint density at radius 3 is 2.78 bits per heavy atom. The smallest absolute Gasteiger partial charge is 0.320 e. The molecule has 2 unspecified atom stereocenters. The second kappa shape index (κ2) is 7.45. The average molecular weight is 361 g/mol. The zero-order valence-corrected chi connectivity index (χ0v) is 15.4. The number of pyridine rings is 2. The summed E-state index contributed by atoms with van der Waals surface area (Å²) in [6.45, 7) is 2.74. The molecule has 1 aliphatic rings. The Labute approximate surface area is 158 Å². The van der Waals surface area contributed by atoms with Crippen LogP contribution in [-0.2, 0) is 4.79 Å². The van der Waals surface area contributed by atoms with E-state index < -0.39 is 12.0 Å². The second-order valence-electron chi connectivity index (χ2n) is 7.21. The lowest BCUT2D eigenvalue weighted by Gasteiger charge is -2.39. The van der Waals surface area contributed by atoms with Crippen LogP contribution >= 0.6 is 0 Å². The zero-order valence-electron chi connectivity index (χ0n) is 15.4. The lowest BCUT2D eigenvalue weighted by Crippen LogP contribution is -2.47. The van der Waals surface area contributed by atoms with E-state index in [0.29, 0.717) is 6.42 Å². The molecule has 0 spiro atoms. The number of hydrogen-bond acceptors (Lipinski definition) is 4. The minimum Gasteiger partial charge on any atom is -0.480 e. The van der Waals surface area contributed by atoms with Gasteiger partial charge in [-0.15, -0.1) is 0 Å². The minimum absolute atomic E-state index is 0.218. The van der Waals surface area contributed by atoms with Crippen LogP contribution in [0.25, 0.3) is 10.9 Å². The first kappa shape index (κ1) is 17.6. The molecule has 0 amide bonds. The zero-order chi connectivity index (χ0) is 18.8. The third-order valence-electron chi connectivity index (χ3n) is 5.30. The van der Waals surface area contributed by atoms with Gasteiger partial charge in [-0.25, -0.2) is 0 Å². The quantitative estimate of drug-likeness (QED) is 0.762. The highest BCUT2D eigenvalue weighted by atomic mass is 16.4. The number of para-hydroxylation sites is 1. The summed E-state index contributed by atoms with van der Waals surface area (Å²) in [5.74, 6) is -0.763. The molecule has 27 heavy (non-hydrogen) atoms.